The lowest BCUT2D eigenvalue weighted by Crippen LogP contribution is -2.29. The van der Waals surface area contributed by atoms with E-state index >= 15 is 0 Å². The van der Waals surface area contributed by atoms with Crippen molar-refractivity contribution in [3.8, 4) is 0 Å². The molecule has 0 aliphatic heterocycles. The van der Waals surface area contributed by atoms with Crippen LogP contribution in [0, 0.1) is 0 Å². The molecular formula is C10H14N8O. The first-order valence-electron chi connectivity index (χ1n) is 5.55. The zero-order chi connectivity index (χ0) is 13.8. The highest BCUT2D eigenvalue weighted by atomic mass is 16.2. The molecule has 0 saturated heterocycles. The molecule has 0 fully saturated rings. The first kappa shape index (κ1) is 12.9. The Bertz CT molecular complexity index is 580. The number of nitrogens with zero attached hydrogens (tertiary/aromatic N) is 5. The van der Waals surface area contributed by atoms with Gasteiger partial charge in [-0.3, -0.25) is 9.78 Å². The molecule has 9 nitrogen and oxygen atoms in total. The van der Waals surface area contributed by atoms with Crippen molar-refractivity contribution in [3.05, 3.63) is 30.2 Å². The van der Waals surface area contributed by atoms with E-state index in [2.05, 4.69) is 30.9 Å². The SMILES string of the molecule is CC(NC(=O)c1cncc(NN)n1)c1nncn1C. The van der Waals surface area contributed by atoms with Gasteiger partial charge in [0.05, 0.1) is 18.4 Å². The van der Waals surface area contributed by atoms with Crippen LogP contribution in [0.3, 0.4) is 0 Å². The van der Waals surface area contributed by atoms with E-state index < -0.39 is 0 Å². The summed E-state index contributed by atoms with van der Waals surface area (Å²) < 4.78 is 1.73. The minimum absolute atomic E-state index is 0.171. The molecule has 0 spiro atoms. The van der Waals surface area contributed by atoms with E-state index in [4.69, 9.17) is 5.84 Å². The Kier molecular flexibility index (Phi) is 3.66. The van der Waals surface area contributed by atoms with Gasteiger partial charge in [-0.1, -0.05) is 0 Å². The first-order valence-corrected chi connectivity index (χ1v) is 5.55. The lowest BCUT2D eigenvalue weighted by molar-refractivity contribution is 0.0932. The highest BCUT2D eigenvalue weighted by Crippen LogP contribution is 2.08. The van der Waals surface area contributed by atoms with Crippen LogP contribution < -0.4 is 16.6 Å². The molecule has 0 aliphatic rings. The van der Waals surface area contributed by atoms with Crippen molar-refractivity contribution < 1.29 is 4.79 Å². The third kappa shape index (κ3) is 2.83. The average Bonchev–Trinajstić information content (AvgIpc) is 2.85. The Balaban J connectivity index is 2.10. The smallest absolute Gasteiger partial charge is 0.272 e. The fourth-order valence-electron chi connectivity index (χ4n) is 1.56. The molecule has 2 aromatic rings. The predicted octanol–water partition coefficient (Wildman–Crippen LogP) is -0.618. The third-order valence-electron chi connectivity index (χ3n) is 2.50. The summed E-state index contributed by atoms with van der Waals surface area (Å²) in [5, 5.41) is 10.4. The van der Waals surface area contributed by atoms with Crippen LogP contribution >= 0.6 is 0 Å². The number of hydrogen-bond acceptors (Lipinski definition) is 7. The van der Waals surface area contributed by atoms with Crippen LogP contribution in [0.2, 0.25) is 0 Å². The van der Waals surface area contributed by atoms with Crippen LogP contribution in [0.5, 0.6) is 0 Å². The van der Waals surface area contributed by atoms with Gasteiger partial charge in [0.1, 0.15) is 12.0 Å². The van der Waals surface area contributed by atoms with Crippen molar-refractivity contribution in [2.75, 3.05) is 5.43 Å². The highest BCUT2D eigenvalue weighted by Gasteiger charge is 2.16. The molecule has 1 amide bonds. The zero-order valence-electron chi connectivity index (χ0n) is 10.5. The van der Waals surface area contributed by atoms with E-state index in [-0.39, 0.29) is 17.6 Å². The molecule has 0 radical (unpaired) electrons. The summed E-state index contributed by atoms with van der Waals surface area (Å²) in [5.41, 5.74) is 2.50. The van der Waals surface area contributed by atoms with Gasteiger partial charge in [0.25, 0.3) is 5.91 Å². The van der Waals surface area contributed by atoms with Gasteiger partial charge in [-0.2, -0.15) is 0 Å². The van der Waals surface area contributed by atoms with E-state index in [9.17, 15) is 4.79 Å². The fraction of sp³-hybridized carbons (Fsp3) is 0.300. The maximum Gasteiger partial charge on any atom is 0.272 e. The molecule has 100 valence electrons. The third-order valence-corrected chi connectivity index (χ3v) is 2.50. The summed E-state index contributed by atoms with van der Waals surface area (Å²) >= 11 is 0. The topological polar surface area (TPSA) is 124 Å². The van der Waals surface area contributed by atoms with Gasteiger partial charge >= 0.3 is 0 Å². The molecule has 4 N–H and O–H groups in total. The van der Waals surface area contributed by atoms with Crippen LogP contribution in [-0.2, 0) is 7.05 Å². The summed E-state index contributed by atoms with van der Waals surface area (Å²) in [5.74, 6) is 5.82. The number of carbonyl (C=O) groups is 1. The Morgan fingerprint density at radius 1 is 1.47 bits per heavy atom. The van der Waals surface area contributed by atoms with Crippen molar-refractivity contribution in [2.24, 2.45) is 12.9 Å². The maximum absolute atomic E-state index is 12.0. The summed E-state index contributed by atoms with van der Waals surface area (Å²) in [7, 11) is 1.80. The Morgan fingerprint density at radius 2 is 2.26 bits per heavy atom. The number of aromatic nitrogens is 5. The molecule has 19 heavy (non-hydrogen) atoms. The molecule has 1 atom stereocenters. The average molecular weight is 262 g/mol. The van der Waals surface area contributed by atoms with E-state index in [1.54, 1.807) is 24.9 Å². The number of hydrazine groups is 1. The normalized spacial score (nSPS) is 11.9. The van der Waals surface area contributed by atoms with Crippen molar-refractivity contribution >= 4 is 11.7 Å². The highest BCUT2D eigenvalue weighted by molar-refractivity contribution is 5.92. The first-order chi connectivity index (χ1) is 9.11. The molecule has 2 aromatic heterocycles. The maximum atomic E-state index is 12.0. The van der Waals surface area contributed by atoms with E-state index in [1.165, 1.54) is 12.4 Å². The van der Waals surface area contributed by atoms with Crippen molar-refractivity contribution in [3.63, 3.8) is 0 Å². The second-order valence-corrected chi connectivity index (χ2v) is 3.93. The van der Waals surface area contributed by atoms with Crippen LogP contribution in [-0.4, -0.2) is 30.6 Å². The zero-order valence-corrected chi connectivity index (χ0v) is 10.5. The summed E-state index contributed by atoms with van der Waals surface area (Å²) in [6, 6.07) is -0.295. The number of amides is 1. The molecule has 0 bridgehead atoms. The van der Waals surface area contributed by atoms with Gasteiger partial charge in [0, 0.05) is 7.05 Å². The van der Waals surface area contributed by atoms with Crippen LogP contribution in [0.4, 0.5) is 5.82 Å². The van der Waals surface area contributed by atoms with Gasteiger partial charge in [0.15, 0.2) is 11.6 Å². The van der Waals surface area contributed by atoms with Gasteiger partial charge in [0.2, 0.25) is 0 Å². The number of aryl methyl sites for hydroxylation is 1. The minimum Gasteiger partial charge on any atom is -0.341 e. The van der Waals surface area contributed by atoms with Crippen LogP contribution in [0.1, 0.15) is 29.3 Å². The standard InChI is InChI=1S/C10H14N8O/c1-6(9-17-13-5-18(9)2)14-10(19)7-3-12-4-8(15-7)16-11/h3-6H,11H2,1-2H3,(H,14,19)(H,15,16). The molecule has 2 rings (SSSR count). The molecule has 9 heteroatoms. The molecular weight excluding hydrogens is 248 g/mol. The Hall–Kier alpha value is -2.55. The summed E-state index contributed by atoms with van der Waals surface area (Å²) in [6.45, 7) is 1.81. The number of carbonyl (C=O) groups excluding carboxylic acids is 1. The Labute approximate surface area is 109 Å². The second kappa shape index (κ2) is 5.40. The number of rotatable bonds is 4. The number of anilines is 1. The van der Waals surface area contributed by atoms with Gasteiger partial charge in [-0.25, -0.2) is 10.8 Å². The van der Waals surface area contributed by atoms with E-state index in [0.29, 0.717) is 11.6 Å². The van der Waals surface area contributed by atoms with Gasteiger partial charge in [-0.05, 0) is 6.92 Å². The largest absolute Gasteiger partial charge is 0.341 e. The molecule has 0 saturated carbocycles. The van der Waals surface area contributed by atoms with Gasteiger partial charge in [-0.15, -0.1) is 10.2 Å². The molecule has 2 heterocycles. The molecule has 1 unspecified atom stereocenters. The number of nitrogens with two attached hydrogens (primary N) is 1. The van der Waals surface area contributed by atoms with Crippen LogP contribution in [0.15, 0.2) is 18.7 Å². The van der Waals surface area contributed by atoms with Gasteiger partial charge < -0.3 is 15.3 Å². The van der Waals surface area contributed by atoms with E-state index in [1.807, 2.05) is 0 Å². The van der Waals surface area contributed by atoms with Crippen LogP contribution in [0.25, 0.3) is 0 Å². The van der Waals surface area contributed by atoms with E-state index in [0.717, 1.165) is 0 Å². The number of nitrogens with one attached hydrogen (secondary N) is 2. The monoisotopic (exact) mass is 262 g/mol. The summed E-state index contributed by atoms with van der Waals surface area (Å²) in [6.07, 6.45) is 4.35. The lowest BCUT2D eigenvalue weighted by atomic mass is 10.3. The fourth-order valence-corrected chi connectivity index (χ4v) is 1.56. The van der Waals surface area contributed by atoms with Crippen molar-refractivity contribution in [1.82, 2.24) is 30.0 Å². The van der Waals surface area contributed by atoms with Crippen molar-refractivity contribution in [1.29, 1.82) is 0 Å². The Morgan fingerprint density at radius 3 is 2.89 bits per heavy atom. The lowest BCUT2D eigenvalue weighted by Gasteiger charge is -2.12. The predicted molar refractivity (Wildman–Crippen MR) is 66.7 cm³/mol. The molecule has 0 aromatic carbocycles. The summed E-state index contributed by atoms with van der Waals surface area (Å²) in [4.78, 5) is 19.8. The number of hydrogen-bond donors (Lipinski definition) is 3. The van der Waals surface area contributed by atoms with Crippen molar-refractivity contribution in [2.45, 2.75) is 13.0 Å². The quantitative estimate of drug-likeness (QED) is 0.495. The second-order valence-electron chi connectivity index (χ2n) is 3.93. The number of nitrogen functional groups attached to an aromatic ring is 1. The molecule has 0 aliphatic carbocycles. The minimum atomic E-state index is -0.361.